The van der Waals surface area contributed by atoms with Crippen molar-refractivity contribution < 1.29 is 4.79 Å². The number of rotatable bonds is 2. The highest BCUT2D eigenvalue weighted by molar-refractivity contribution is 5.99. The molecule has 0 amide bonds. The number of nitrogens with zero attached hydrogens (tertiary/aromatic N) is 3. The van der Waals surface area contributed by atoms with Crippen molar-refractivity contribution in [3.63, 3.8) is 0 Å². The van der Waals surface area contributed by atoms with Crippen LogP contribution >= 0.6 is 0 Å². The van der Waals surface area contributed by atoms with E-state index in [-0.39, 0.29) is 11.7 Å². The molecule has 2 aromatic rings. The largest absolute Gasteiger partial charge is 0.292 e. The van der Waals surface area contributed by atoms with Gasteiger partial charge in [-0.15, -0.1) is 0 Å². The summed E-state index contributed by atoms with van der Waals surface area (Å²) in [5.74, 6) is -0.0239. The summed E-state index contributed by atoms with van der Waals surface area (Å²) in [5.41, 5.74) is 2.67. The van der Waals surface area contributed by atoms with Crippen LogP contribution in [0.2, 0.25) is 0 Å². The molecule has 0 aliphatic heterocycles. The SMILES string of the molecule is Cn1ccc(C(=O)C2CCc3cccnc32)n1. The first kappa shape index (κ1) is 10.2. The normalized spacial score (nSPS) is 18.1. The van der Waals surface area contributed by atoms with Gasteiger partial charge in [0.25, 0.3) is 0 Å². The van der Waals surface area contributed by atoms with E-state index in [1.165, 1.54) is 5.56 Å². The lowest BCUT2D eigenvalue weighted by molar-refractivity contribution is 0.0952. The fourth-order valence-corrected chi connectivity index (χ4v) is 2.39. The predicted octanol–water partition coefficient (Wildman–Crippen LogP) is 1.73. The van der Waals surface area contributed by atoms with E-state index in [2.05, 4.69) is 10.1 Å². The van der Waals surface area contributed by atoms with Crippen LogP contribution in [0.5, 0.6) is 0 Å². The van der Waals surface area contributed by atoms with E-state index in [0.717, 1.165) is 18.5 Å². The third kappa shape index (κ3) is 1.65. The van der Waals surface area contributed by atoms with E-state index in [0.29, 0.717) is 5.69 Å². The molecule has 0 radical (unpaired) electrons. The fraction of sp³-hybridized carbons (Fsp3) is 0.308. The molecule has 2 heterocycles. The highest BCUT2D eigenvalue weighted by atomic mass is 16.1. The molecule has 0 aromatic carbocycles. The second kappa shape index (κ2) is 3.80. The smallest absolute Gasteiger partial charge is 0.192 e. The Morgan fingerprint density at radius 1 is 1.47 bits per heavy atom. The average molecular weight is 227 g/mol. The summed E-state index contributed by atoms with van der Waals surface area (Å²) >= 11 is 0. The molecule has 0 saturated carbocycles. The minimum Gasteiger partial charge on any atom is -0.292 e. The molecule has 1 aliphatic rings. The first-order chi connectivity index (χ1) is 8.25. The summed E-state index contributed by atoms with van der Waals surface area (Å²) in [7, 11) is 1.82. The van der Waals surface area contributed by atoms with Gasteiger partial charge in [0.15, 0.2) is 5.78 Å². The van der Waals surface area contributed by atoms with Crippen LogP contribution in [0.3, 0.4) is 0 Å². The van der Waals surface area contributed by atoms with Crippen LogP contribution in [0, 0.1) is 0 Å². The monoisotopic (exact) mass is 227 g/mol. The Kier molecular flexibility index (Phi) is 2.28. The van der Waals surface area contributed by atoms with Gasteiger partial charge in [-0.2, -0.15) is 5.10 Å². The topological polar surface area (TPSA) is 47.8 Å². The van der Waals surface area contributed by atoms with Crippen molar-refractivity contribution in [2.75, 3.05) is 0 Å². The first-order valence-corrected chi connectivity index (χ1v) is 5.73. The second-order valence-corrected chi connectivity index (χ2v) is 4.38. The Morgan fingerprint density at radius 2 is 2.35 bits per heavy atom. The van der Waals surface area contributed by atoms with Gasteiger partial charge in [-0.25, -0.2) is 0 Å². The Labute approximate surface area is 99.3 Å². The van der Waals surface area contributed by atoms with Crippen LogP contribution in [-0.4, -0.2) is 20.5 Å². The van der Waals surface area contributed by atoms with Gasteiger partial charge in [-0.1, -0.05) is 6.07 Å². The van der Waals surface area contributed by atoms with Gasteiger partial charge in [0.2, 0.25) is 0 Å². The Morgan fingerprint density at radius 3 is 3.12 bits per heavy atom. The number of pyridine rings is 1. The third-order valence-electron chi connectivity index (χ3n) is 3.24. The zero-order valence-electron chi connectivity index (χ0n) is 9.63. The van der Waals surface area contributed by atoms with Crippen LogP contribution < -0.4 is 0 Å². The van der Waals surface area contributed by atoms with Crippen molar-refractivity contribution in [1.82, 2.24) is 14.8 Å². The summed E-state index contributed by atoms with van der Waals surface area (Å²) < 4.78 is 1.65. The second-order valence-electron chi connectivity index (χ2n) is 4.38. The summed E-state index contributed by atoms with van der Waals surface area (Å²) in [6.07, 6.45) is 5.33. The zero-order valence-corrected chi connectivity index (χ0v) is 9.63. The van der Waals surface area contributed by atoms with Gasteiger partial charge in [-0.05, 0) is 30.5 Å². The Hall–Kier alpha value is -1.97. The highest BCUT2D eigenvalue weighted by Crippen LogP contribution is 2.33. The summed E-state index contributed by atoms with van der Waals surface area (Å²) in [6, 6.07) is 5.74. The number of carbonyl (C=O) groups excluding carboxylic acids is 1. The van der Waals surface area contributed by atoms with Gasteiger partial charge in [0.1, 0.15) is 5.69 Å². The fourth-order valence-electron chi connectivity index (χ4n) is 2.39. The van der Waals surface area contributed by atoms with Crippen molar-refractivity contribution in [3.05, 3.63) is 47.5 Å². The molecule has 4 nitrogen and oxygen atoms in total. The van der Waals surface area contributed by atoms with Crippen molar-refractivity contribution in [2.45, 2.75) is 18.8 Å². The van der Waals surface area contributed by atoms with E-state index < -0.39 is 0 Å². The van der Waals surface area contributed by atoms with E-state index >= 15 is 0 Å². The van der Waals surface area contributed by atoms with Crippen LogP contribution in [-0.2, 0) is 13.5 Å². The molecule has 0 bridgehead atoms. The molecule has 1 atom stereocenters. The number of hydrogen-bond donors (Lipinski definition) is 0. The molecule has 4 heteroatoms. The van der Waals surface area contributed by atoms with E-state index in [4.69, 9.17) is 0 Å². The Bertz CT molecular complexity index is 574. The standard InChI is InChI=1S/C13H13N3O/c1-16-8-6-11(15-16)13(17)10-5-4-9-3-2-7-14-12(9)10/h2-3,6-8,10H,4-5H2,1H3. The lowest BCUT2D eigenvalue weighted by Crippen LogP contribution is -2.12. The molecular weight excluding hydrogens is 214 g/mol. The zero-order chi connectivity index (χ0) is 11.8. The summed E-state index contributed by atoms with van der Waals surface area (Å²) in [6.45, 7) is 0. The molecule has 86 valence electrons. The van der Waals surface area contributed by atoms with Crippen molar-refractivity contribution in [3.8, 4) is 0 Å². The van der Waals surface area contributed by atoms with E-state index in [1.54, 1.807) is 23.1 Å². The minimum absolute atomic E-state index is 0.0862. The number of ketones is 1. The van der Waals surface area contributed by atoms with Gasteiger partial charge < -0.3 is 0 Å². The molecular formula is C13H13N3O. The molecule has 1 unspecified atom stereocenters. The first-order valence-electron chi connectivity index (χ1n) is 5.73. The third-order valence-corrected chi connectivity index (χ3v) is 3.24. The highest BCUT2D eigenvalue weighted by Gasteiger charge is 2.31. The number of carbonyl (C=O) groups is 1. The maximum absolute atomic E-state index is 12.3. The molecule has 2 aromatic heterocycles. The number of hydrogen-bond acceptors (Lipinski definition) is 3. The molecule has 1 aliphatic carbocycles. The lowest BCUT2D eigenvalue weighted by atomic mass is 9.99. The van der Waals surface area contributed by atoms with Crippen molar-refractivity contribution in [1.29, 1.82) is 0 Å². The quantitative estimate of drug-likeness (QED) is 0.734. The minimum atomic E-state index is -0.110. The number of aromatic nitrogens is 3. The molecule has 0 spiro atoms. The Balaban J connectivity index is 1.95. The summed E-state index contributed by atoms with van der Waals surface area (Å²) in [5, 5.41) is 4.17. The van der Waals surface area contributed by atoms with Gasteiger partial charge >= 0.3 is 0 Å². The maximum Gasteiger partial charge on any atom is 0.192 e. The average Bonchev–Trinajstić information content (AvgIpc) is 2.94. The van der Waals surface area contributed by atoms with Gasteiger partial charge in [0.05, 0.1) is 11.6 Å². The molecule has 0 fully saturated rings. The van der Waals surface area contributed by atoms with E-state index in [1.807, 2.05) is 19.2 Å². The van der Waals surface area contributed by atoms with Crippen LogP contribution in [0.15, 0.2) is 30.6 Å². The molecule has 0 N–H and O–H groups in total. The molecule has 3 rings (SSSR count). The molecule has 17 heavy (non-hydrogen) atoms. The van der Waals surface area contributed by atoms with E-state index in [9.17, 15) is 4.79 Å². The number of aryl methyl sites for hydroxylation is 2. The van der Waals surface area contributed by atoms with Gasteiger partial charge in [-0.3, -0.25) is 14.5 Å². The molecule has 0 saturated heterocycles. The maximum atomic E-state index is 12.3. The predicted molar refractivity (Wildman–Crippen MR) is 62.8 cm³/mol. The van der Waals surface area contributed by atoms with Crippen molar-refractivity contribution in [2.24, 2.45) is 7.05 Å². The van der Waals surface area contributed by atoms with Crippen LogP contribution in [0.25, 0.3) is 0 Å². The summed E-state index contributed by atoms with van der Waals surface area (Å²) in [4.78, 5) is 16.6. The number of Topliss-reactive ketones (excluding diaryl/α,β-unsaturated/α-hetero) is 1. The number of fused-ring (bicyclic) bond motifs is 1. The van der Waals surface area contributed by atoms with Crippen molar-refractivity contribution >= 4 is 5.78 Å². The van der Waals surface area contributed by atoms with Crippen LogP contribution in [0.1, 0.15) is 34.1 Å². The lowest BCUT2D eigenvalue weighted by Gasteiger charge is -2.06. The van der Waals surface area contributed by atoms with Gasteiger partial charge in [0, 0.05) is 19.4 Å². The van der Waals surface area contributed by atoms with Crippen LogP contribution in [0.4, 0.5) is 0 Å².